The molecule has 3 nitrogen and oxygen atoms in total. The first-order valence-electron chi connectivity index (χ1n) is 5.65. The highest BCUT2D eigenvalue weighted by Crippen LogP contribution is 2.30. The van der Waals surface area contributed by atoms with Crippen LogP contribution < -0.4 is 0 Å². The van der Waals surface area contributed by atoms with Gasteiger partial charge in [-0.1, -0.05) is 6.92 Å². The summed E-state index contributed by atoms with van der Waals surface area (Å²) in [5.41, 5.74) is 0. The monoisotopic (exact) mass is 232 g/mol. The van der Waals surface area contributed by atoms with Crippen LogP contribution in [-0.2, 0) is 14.6 Å². The second-order valence-corrected chi connectivity index (χ2v) is 6.93. The number of hydrogen-bond acceptors (Lipinski definition) is 3. The molecule has 0 atom stereocenters. The highest BCUT2D eigenvalue weighted by molar-refractivity contribution is 7.91. The molecule has 0 spiro atoms. The van der Waals surface area contributed by atoms with Gasteiger partial charge in [0.25, 0.3) is 0 Å². The molecular formula is C11H20O3S. The van der Waals surface area contributed by atoms with Crippen LogP contribution >= 0.6 is 0 Å². The number of carbonyl (C=O) groups is 1. The summed E-state index contributed by atoms with van der Waals surface area (Å²) in [6.07, 6.45) is 3.53. The van der Waals surface area contributed by atoms with E-state index >= 15 is 0 Å². The van der Waals surface area contributed by atoms with Crippen molar-refractivity contribution in [3.63, 3.8) is 0 Å². The SMILES string of the molecule is CCS(=O)(=O)CC1CCC(C(C)=O)CC1. The van der Waals surface area contributed by atoms with Crippen LogP contribution in [0, 0.1) is 11.8 Å². The first-order chi connectivity index (χ1) is 6.94. The molecule has 0 unspecified atom stereocenters. The molecule has 0 N–H and O–H groups in total. The molecule has 1 rings (SSSR count). The first-order valence-corrected chi connectivity index (χ1v) is 7.47. The average molecular weight is 232 g/mol. The Bertz CT molecular complexity index is 311. The van der Waals surface area contributed by atoms with Gasteiger partial charge in [-0.15, -0.1) is 0 Å². The molecule has 1 aliphatic rings. The standard InChI is InChI=1S/C11H20O3S/c1-3-15(13,14)8-10-4-6-11(7-5-10)9(2)12/h10-11H,3-8H2,1-2H3. The number of carbonyl (C=O) groups excluding carboxylic acids is 1. The molecule has 0 heterocycles. The van der Waals surface area contributed by atoms with Gasteiger partial charge in [0.15, 0.2) is 0 Å². The van der Waals surface area contributed by atoms with Crippen molar-refractivity contribution in [3.05, 3.63) is 0 Å². The molecule has 1 aliphatic carbocycles. The fraction of sp³-hybridized carbons (Fsp3) is 0.909. The smallest absolute Gasteiger partial charge is 0.150 e. The van der Waals surface area contributed by atoms with Crippen LogP contribution in [0.15, 0.2) is 0 Å². The van der Waals surface area contributed by atoms with E-state index < -0.39 is 9.84 Å². The number of hydrogen-bond donors (Lipinski definition) is 0. The van der Waals surface area contributed by atoms with Crippen molar-refractivity contribution in [2.75, 3.05) is 11.5 Å². The topological polar surface area (TPSA) is 51.2 Å². The van der Waals surface area contributed by atoms with Crippen molar-refractivity contribution in [1.82, 2.24) is 0 Å². The van der Waals surface area contributed by atoms with Crippen LogP contribution in [0.1, 0.15) is 39.5 Å². The molecule has 1 fully saturated rings. The molecule has 4 heteroatoms. The molecule has 0 bridgehead atoms. The molecule has 1 saturated carbocycles. The lowest BCUT2D eigenvalue weighted by atomic mass is 9.81. The zero-order chi connectivity index (χ0) is 11.5. The van der Waals surface area contributed by atoms with Crippen molar-refractivity contribution in [2.45, 2.75) is 39.5 Å². The maximum absolute atomic E-state index is 11.4. The predicted octanol–water partition coefficient (Wildman–Crippen LogP) is 1.82. The van der Waals surface area contributed by atoms with Crippen molar-refractivity contribution in [1.29, 1.82) is 0 Å². The Balaban J connectivity index is 2.42. The van der Waals surface area contributed by atoms with E-state index in [9.17, 15) is 13.2 Å². The van der Waals surface area contributed by atoms with E-state index in [1.165, 1.54) is 0 Å². The lowest BCUT2D eigenvalue weighted by Crippen LogP contribution is -2.25. The molecule has 0 amide bonds. The highest BCUT2D eigenvalue weighted by atomic mass is 32.2. The predicted molar refractivity (Wildman–Crippen MR) is 60.5 cm³/mol. The number of ketones is 1. The van der Waals surface area contributed by atoms with Crippen molar-refractivity contribution < 1.29 is 13.2 Å². The quantitative estimate of drug-likeness (QED) is 0.743. The van der Waals surface area contributed by atoms with Crippen LogP contribution in [-0.4, -0.2) is 25.7 Å². The Labute approximate surface area is 92.2 Å². The van der Waals surface area contributed by atoms with Gasteiger partial charge in [-0.05, 0) is 38.5 Å². The summed E-state index contributed by atoms with van der Waals surface area (Å²) in [6, 6.07) is 0. The third kappa shape index (κ3) is 3.93. The fourth-order valence-corrected chi connectivity index (χ4v) is 3.50. The molecule has 0 saturated heterocycles. The Morgan fingerprint density at radius 1 is 1.20 bits per heavy atom. The Kier molecular flexibility index (Phi) is 4.32. The Morgan fingerprint density at radius 3 is 2.13 bits per heavy atom. The fourth-order valence-electron chi connectivity index (χ4n) is 2.21. The second-order valence-electron chi connectivity index (χ2n) is 4.53. The number of rotatable bonds is 4. The van der Waals surface area contributed by atoms with E-state index in [1.807, 2.05) is 0 Å². The molecule has 15 heavy (non-hydrogen) atoms. The highest BCUT2D eigenvalue weighted by Gasteiger charge is 2.26. The molecule has 0 aliphatic heterocycles. The molecule has 0 radical (unpaired) electrons. The van der Waals surface area contributed by atoms with Crippen LogP contribution in [0.2, 0.25) is 0 Å². The lowest BCUT2D eigenvalue weighted by Gasteiger charge is -2.26. The molecule has 0 aromatic carbocycles. The van der Waals surface area contributed by atoms with E-state index in [1.54, 1.807) is 13.8 Å². The first kappa shape index (κ1) is 12.7. The molecule has 0 aromatic rings. The summed E-state index contributed by atoms with van der Waals surface area (Å²) in [7, 11) is -2.84. The molecule has 88 valence electrons. The molecule has 0 aromatic heterocycles. The van der Waals surface area contributed by atoms with Crippen molar-refractivity contribution >= 4 is 15.6 Å². The minimum Gasteiger partial charge on any atom is -0.300 e. The number of Topliss-reactive ketones (excluding diaryl/α,β-unsaturated/α-hetero) is 1. The summed E-state index contributed by atoms with van der Waals surface area (Å²) >= 11 is 0. The van der Waals surface area contributed by atoms with Gasteiger partial charge in [-0.3, -0.25) is 4.79 Å². The van der Waals surface area contributed by atoms with E-state index in [4.69, 9.17) is 0 Å². The minimum absolute atomic E-state index is 0.186. The minimum atomic E-state index is -2.84. The summed E-state index contributed by atoms with van der Waals surface area (Å²) < 4.78 is 22.8. The summed E-state index contributed by atoms with van der Waals surface area (Å²) in [5, 5.41) is 0. The zero-order valence-electron chi connectivity index (χ0n) is 9.53. The van der Waals surface area contributed by atoms with Crippen molar-refractivity contribution in [2.24, 2.45) is 11.8 Å². The average Bonchev–Trinajstić information content (AvgIpc) is 2.18. The van der Waals surface area contributed by atoms with Gasteiger partial charge in [-0.2, -0.15) is 0 Å². The lowest BCUT2D eigenvalue weighted by molar-refractivity contribution is -0.121. The van der Waals surface area contributed by atoms with Crippen LogP contribution in [0.5, 0.6) is 0 Å². The van der Waals surface area contributed by atoms with Crippen LogP contribution in [0.3, 0.4) is 0 Å². The molecular weight excluding hydrogens is 212 g/mol. The number of sulfone groups is 1. The third-order valence-corrected chi connectivity index (χ3v) is 5.21. The summed E-state index contributed by atoms with van der Waals surface area (Å²) in [6.45, 7) is 3.32. The van der Waals surface area contributed by atoms with E-state index in [0.717, 1.165) is 25.7 Å². The second kappa shape index (κ2) is 5.10. The van der Waals surface area contributed by atoms with Crippen molar-refractivity contribution in [3.8, 4) is 0 Å². The van der Waals surface area contributed by atoms with Gasteiger partial charge >= 0.3 is 0 Å². The van der Waals surface area contributed by atoms with Gasteiger partial charge in [0.05, 0.1) is 5.75 Å². The Morgan fingerprint density at radius 2 is 1.73 bits per heavy atom. The van der Waals surface area contributed by atoms with E-state index in [2.05, 4.69) is 0 Å². The van der Waals surface area contributed by atoms with Gasteiger partial charge in [0.2, 0.25) is 0 Å². The normalized spacial score (nSPS) is 27.6. The van der Waals surface area contributed by atoms with Crippen LogP contribution in [0.4, 0.5) is 0 Å². The van der Waals surface area contributed by atoms with Gasteiger partial charge < -0.3 is 0 Å². The van der Waals surface area contributed by atoms with Crippen LogP contribution in [0.25, 0.3) is 0 Å². The van der Waals surface area contributed by atoms with Gasteiger partial charge in [-0.25, -0.2) is 8.42 Å². The maximum Gasteiger partial charge on any atom is 0.150 e. The zero-order valence-corrected chi connectivity index (χ0v) is 10.3. The summed E-state index contributed by atoms with van der Waals surface area (Å²) in [4.78, 5) is 11.1. The Hall–Kier alpha value is -0.380. The largest absolute Gasteiger partial charge is 0.300 e. The third-order valence-electron chi connectivity index (χ3n) is 3.35. The van der Waals surface area contributed by atoms with Gasteiger partial charge in [0, 0.05) is 11.7 Å². The van der Waals surface area contributed by atoms with Gasteiger partial charge in [0.1, 0.15) is 15.6 Å². The summed E-state index contributed by atoms with van der Waals surface area (Å²) in [5.74, 6) is 1.27. The van der Waals surface area contributed by atoms with E-state index in [0.29, 0.717) is 5.75 Å². The maximum atomic E-state index is 11.4. The van der Waals surface area contributed by atoms with E-state index in [-0.39, 0.29) is 23.4 Å².